The Labute approximate surface area is 106 Å². The van der Waals surface area contributed by atoms with Crippen molar-refractivity contribution in [3.63, 3.8) is 0 Å². The van der Waals surface area contributed by atoms with Crippen molar-refractivity contribution >= 4 is 11.7 Å². The Kier molecular flexibility index (Phi) is 3.55. The minimum absolute atomic E-state index is 0.446. The Morgan fingerprint density at radius 2 is 2.22 bits per heavy atom. The molecule has 0 unspecified atom stereocenters. The van der Waals surface area contributed by atoms with Gasteiger partial charge in [-0.15, -0.1) is 0 Å². The molecule has 96 valence electrons. The van der Waals surface area contributed by atoms with E-state index in [1.165, 1.54) is 10.5 Å². The van der Waals surface area contributed by atoms with Crippen LogP contribution in [0.1, 0.15) is 17.5 Å². The van der Waals surface area contributed by atoms with Crippen LogP contribution in [0.5, 0.6) is 5.75 Å². The third kappa shape index (κ3) is 2.47. The van der Waals surface area contributed by atoms with E-state index in [0.717, 1.165) is 23.3 Å². The fourth-order valence-corrected chi connectivity index (χ4v) is 2.16. The van der Waals surface area contributed by atoms with Gasteiger partial charge >= 0.3 is 6.09 Å². The monoisotopic (exact) mass is 247 g/mol. The van der Waals surface area contributed by atoms with Gasteiger partial charge in [0.05, 0.1) is 7.11 Å². The zero-order valence-electron chi connectivity index (χ0n) is 10.6. The highest BCUT2D eigenvalue weighted by Crippen LogP contribution is 2.31. The smallest absolute Gasteiger partial charge is 0.407 e. The molecule has 4 heteroatoms. The van der Waals surface area contributed by atoms with Crippen molar-refractivity contribution in [1.29, 1.82) is 0 Å². The van der Waals surface area contributed by atoms with Gasteiger partial charge in [0, 0.05) is 18.7 Å². The molecule has 1 aromatic rings. The third-order valence-electron chi connectivity index (χ3n) is 3.18. The lowest BCUT2D eigenvalue weighted by molar-refractivity contribution is 0.150. The first-order valence-corrected chi connectivity index (χ1v) is 5.93. The number of hydrogen-bond acceptors (Lipinski definition) is 2. The van der Waals surface area contributed by atoms with Crippen LogP contribution >= 0.6 is 0 Å². The van der Waals surface area contributed by atoms with E-state index in [9.17, 15) is 4.79 Å². The van der Waals surface area contributed by atoms with Crippen LogP contribution in [0.2, 0.25) is 0 Å². The van der Waals surface area contributed by atoms with Crippen LogP contribution < -0.4 is 4.74 Å². The molecule has 1 N–H and O–H groups in total. The van der Waals surface area contributed by atoms with Crippen molar-refractivity contribution in [3.05, 3.63) is 35.4 Å². The first kappa shape index (κ1) is 12.5. The molecular formula is C14H17NO3. The van der Waals surface area contributed by atoms with Crippen LogP contribution in [-0.4, -0.2) is 36.3 Å². The molecular weight excluding hydrogens is 230 g/mol. The van der Waals surface area contributed by atoms with Gasteiger partial charge in [0.2, 0.25) is 0 Å². The van der Waals surface area contributed by atoms with Gasteiger partial charge in [-0.2, -0.15) is 0 Å². The molecule has 0 aromatic heterocycles. The zero-order valence-corrected chi connectivity index (χ0v) is 10.6. The lowest BCUT2D eigenvalue weighted by Gasteiger charge is -2.24. The summed E-state index contributed by atoms with van der Waals surface area (Å²) in [4.78, 5) is 12.3. The minimum Gasteiger partial charge on any atom is -0.496 e. The van der Waals surface area contributed by atoms with E-state index in [1.807, 2.05) is 25.1 Å². The molecule has 18 heavy (non-hydrogen) atoms. The van der Waals surface area contributed by atoms with Gasteiger partial charge in [-0.05, 0) is 31.1 Å². The Morgan fingerprint density at radius 3 is 2.78 bits per heavy atom. The topological polar surface area (TPSA) is 49.8 Å². The second-order valence-electron chi connectivity index (χ2n) is 4.41. The number of hydrogen-bond donors (Lipinski definition) is 1. The minimum atomic E-state index is -0.860. The van der Waals surface area contributed by atoms with Crippen molar-refractivity contribution in [2.75, 3.05) is 20.2 Å². The SMILES string of the molecule is COc1ccc(C)cc1C1=CCN(C(=O)O)CC1. The molecule has 0 aliphatic carbocycles. The molecule has 0 bridgehead atoms. The van der Waals surface area contributed by atoms with Crippen LogP contribution in [0.3, 0.4) is 0 Å². The summed E-state index contributed by atoms with van der Waals surface area (Å²) in [5.74, 6) is 0.843. The lowest BCUT2D eigenvalue weighted by atomic mass is 9.97. The van der Waals surface area contributed by atoms with Crippen molar-refractivity contribution in [3.8, 4) is 5.75 Å². The Hall–Kier alpha value is -1.97. The second-order valence-corrected chi connectivity index (χ2v) is 4.41. The number of carbonyl (C=O) groups is 1. The molecule has 1 aromatic carbocycles. The number of methoxy groups -OCH3 is 1. The summed E-state index contributed by atoms with van der Waals surface area (Å²) in [6.07, 6.45) is 1.84. The number of ether oxygens (including phenoxy) is 1. The number of rotatable bonds is 2. The van der Waals surface area contributed by atoms with Gasteiger partial charge in [0.25, 0.3) is 0 Å². The van der Waals surface area contributed by atoms with Gasteiger partial charge in [0.1, 0.15) is 5.75 Å². The predicted octanol–water partition coefficient (Wildman–Crippen LogP) is 2.77. The lowest BCUT2D eigenvalue weighted by Crippen LogP contribution is -2.33. The van der Waals surface area contributed by atoms with Gasteiger partial charge < -0.3 is 14.7 Å². The average molecular weight is 247 g/mol. The normalized spacial score (nSPS) is 15.2. The summed E-state index contributed by atoms with van der Waals surface area (Å²) in [6.45, 7) is 3.02. The third-order valence-corrected chi connectivity index (χ3v) is 3.18. The molecule has 1 amide bonds. The molecule has 0 fully saturated rings. The summed E-state index contributed by atoms with van der Waals surface area (Å²) < 4.78 is 5.36. The van der Waals surface area contributed by atoms with Crippen LogP contribution in [0.25, 0.3) is 5.57 Å². The number of carboxylic acid groups (broad SMARTS) is 1. The summed E-state index contributed by atoms with van der Waals surface area (Å²) in [7, 11) is 1.65. The largest absolute Gasteiger partial charge is 0.496 e. The van der Waals surface area contributed by atoms with Crippen LogP contribution in [-0.2, 0) is 0 Å². The Bertz CT molecular complexity index is 494. The molecule has 1 aliphatic rings. The Morgan fingerprint density at radius 1 is 1.44 bits per heavy atom. The molecule has 2 rings (SSSR count). The molecule has 4 nitrogen and oxygen atoms in total. The standard InChI is InChI=1S/C14H17NO3/c1-10-3-4-13(18-2)12(9-10)11-5-7-15(8-6-11)14(16)17/h3-5,9H,6-8H2,1-2H3,(H,16,17). The Balaban J connectivity index is 2.27. The summed E-state index contributed by atoms with van der Waals surface area (Å²) in [5, 5.41) is 8.91. The molecule has 1 aliphatic heterocycles. The number of amides is 1. The van der Waals surface area contributed by atoms with Gasteiger partial charge in [-0.25, -0.2) is 4.79 Å². The van der Waals surface area contributed by atoms with E-state index in [2.05, 4.69) is 6.07 Å². The highest BCUT2D eigenvalue weighted by molar-refractivity contribution is 5.74. The van der Waals surface area contributed by atoms with E-state index in [1.54, 1.807) is 7.11 Å². The first-order valence-electron chi connectivity index (χ1n) is 5.93. The highest BCUT2D eigenvalue weighted by Gasteiger charge is 2.18. The highest BCUT2D eigenvalue weighted by atomic mass is 16.5. The fraction of sp³-hybridized carbons (Fsp3) is 0.357. The molecule has 1 heterocycles. The van der Waals surface area contributed by atoms with E-state index in [4.69, 9.17) is 9.84 Å². The number of benzene rings is 1. The van der Waals surface area contributed by atoms with Gasteiger partial charge in [-0.3, -0.25) is 0 Å². The molecule has 0 radical (unpaired) electrons. The van der Waals surface area contributed by atoms with Crippen LogP contribution in [0, 0.1) is 6.92 Å². The number of nitrogens with zero attached hydrogens (tertiary/aromatic N) is 1. The fourth-order valence-electron chi connectivity index (χ4n) is 2.16. The van der Waals surface area contributed by atoms with E-state index >= 15 is 0 Å². The summed E-state index contributed by atoms with van der Waals surface area (Å²) in [5.41, 5.74) is 3.41. The molecule has 0 atom stereocenters. The first-order chi connectivity index (χ1) is 8.61. The maximum Gasteiger partial charge on any atom is 0.407 e. The summed E-state index contributed by atoms with van der Waals surface area (Å²) >= 11 is 0. The van der Waals surface area contributed by atoms with Crippen molar-refractivity contribution < 1.29 is 14.6 Å². The van der Waals surface area contributed by atoms with Crippen LogP contribution in [0.4, 0.5) is 4.79 Å². The van der Waals surface area contributed by atoms with Crippen LogP contribution in [0.15, 0.2) is 24.3 Å². The average Bonchev–Trinajstić information content (AvgIpc) is 2.39. The quantitative estimate of drug-likeness (QED) is 0.874. The van der Waals surface area contributed by atoms with Crippen molar-refractivity contribution in [2.24, 2.45) is 0 Å². The van der Waals surface area contributed by atoms with E-state index in [-0.39, 0.29) is 0 Å². The van der Waals surface area contributed by atoms with E-state index < -0.39 is 6.09 Å². The number of aryl methyl sites for hydroxylation is 1. The van der Waals surface area contributed by atoms with E-state index in [0.29, 0.717) is 13.1 Å². The van der Waals surface area contributed by atoms with Crippen molar-refractivity contribution in [2.45, 2.75) is 13.3 Å². The maximum absolute atomic E-state index is 10.8. The zero-order chi connectivity index (χ0) is 13.1. The maximum atomic E-state index is 10.8. The van der Waals surface area contributed by atoms with Gasteiger partial charge in [0.15, 0.2) is 0 Å². The molecule has 0 saturated carbocycles. The molecule has 0 spiro atoms. The summed E-state index contributed by atoms with van der Waals surface area (Å²) in [6, 6.07) is 6.05. The van der Waals surface area contributed by atoms with Gasteiger partial charge in [-0.1, -0.05) is 17.7 Å². The predicted molar refractivity (Wildman–Crippen MR) is 69.9 cm³/mol. The molecule has 0 saturated heterocycles. The second kappa shape index (κ2) is 5.12. The van der Waals surface area contributed by atoms with Crippen molar-refractivity contribution in [1.82, 2.24) is 4.90 Å².